The summed E-state index contributed by atoms with van der Waals surface area (Å²) in [6, 6.07) is 14.3. The van der Waals surface area contributed by atoms with Crippen LogP contribution in [0.3, 0.4) is 0 Å². The van der Waals surface area contributed by atoms with Crippen LogP contribution in [0.2, 0.25) is 0 Å². The molecule has 0 saturated heterocycles. The normalized spacial score (nSPS) is 13.3. The summed E-state index contributed by atoms with van der Waals surface area (Å²) in [4.78, 5) is 19.0. The highest BCUT2D eigenvalue weighted by molar-refractivity contribution is 7.14. The molecular weight excluding hydrogens is 384 g/mol. The quantitative estimate of drug-likeness (QED) is 0.674. The molecule has 5 nitrogen and oxygen atoms in total. The molecule has 8 heteroatoms. The lowest BCUT2D eigenvalue weighted by Gasteiger charge is -2.28. The van der Waals surface area contributed by atoms with Crippen LogP contribution < -0.4 is 10.1 Å². The summed E-state index contributed by atoms with van der Waals surface area (Å²) in [5, 5.41) is 5.35. The van der Waals surface area contributed by atoms with Crippen LogP contribution in [0.5, 0.6) is 5.75 Å². The number of halogens is 2. The van der Waals surface area contributed by atoms with E-state index in [0.717, 1.165) is 6.42 Å². The number of ether oxygens (including phenoxy) is 1. The molecule has 1 aromatic heterocycles. The number of nitrogens with one attached hydrogen (secondary N) is 1. The first-order valence-electron chi connectivity index (χ1n) is 8.72. The molecule has 28 heavy (non-hydrogen) atoms. The maximum atomic E-state index is 12.8. The third kappa shape index (κ3) is 4.12. The third-order valence-electron chi connectivity index (χ3n) is 4.47. The Morgan fingerprint density at radius 3 is 2.64 bits per heavy atom. The number of amides is 1. The van der Waals surface area contributed by atoms with Crippen LogP contribution in [0.1, 0.15) is 21.6 Å². The lowest BCUT2D eigenvalue weighted by molar-refractivity contribution is -0.0498. The highest BCUT2D eigenvalue weighted by atomic mass is 32.1. The number of aromatic nitrogens is 1. The highest BCUT2D eigenvalue weighted by Gasteiger charge is 2.23. The van der Waals surface area contributed by atoms with Crippen molar-refractivity contribution in [3.8, 4) is 5.75 Å². The van der Waals surface area contributed by atoms with Crippen molar-refractivity contribution in [2.75, 3.05) is 11.9 Å². The number of thiazole rings is 1. The standard InChI is InChI=1S/C20H17F2N3O2S/c21-19(22)27-16-7-5-15(6-8-16)23-20-24-17(12-28-20)18(26)25-10-9-13-3-1-2-4-14(13)11-25/h1-8,12,19H,9-11H2,(H,23,24). The van der Waals surface area contributed by atoms with Crippen LogP contribution in [0.15, 0.2) is 53.9 Å². The van der Waals surface area contributed by atoms with E-state index in [0.29, 0.717) is 29.6 Å². The molecule has 0 saturated carbocycles. The van der Waals surface area contributed by atoms with E-state index >= 15 is 0 Å². The number of hydrogen-bond donors (Lipinski definition) is 1. The Balaban J connectivity index is 1.41. The van der Waals surface area contributed by atoms with Gasteiger partial charge in [-0.3, -0.25) is 4.79 Å². The maximum absolute atomic E-state index is 12.8. The first-order chi connectivity index (χ1) is 13.6. The van der Waals surface area contributed by atoms with Crippen molar-refractivity contribution in [1.82, 2.24) is 9.88 Å². The van der Waals surface area contributed by atoms with Gasteiger partial charge in [-0.1, -0.05) is 24.3 Å². The van der Waals surface area contributed by atoms with Gasteiger partial charge in [0.1, 0.15) is 11.4 Å². The van der Waals surface area contributed by atoms with Crippen molar-refractivity contribution in [2.24, 2.45) is 0 Å². The molecule has 0 bridgehead atoms. The van der Waals surface area contributed by atoms with Crippen LogP contribution in [0.4, 0.5) is 19.6 Å². The van der Waals surface area contributed by atoms with E-state index in [1.807, 2.05) is 18.2 Å². The average molecular weight is 401 g/mol. The summed E-state index contributed by atoms with van der Waals surface area (Å²) in [5.41, 5.74) is 3.51. The third-order valence-corrected chi connectivity index (χ3v) is 5.23. The molecule has 144 valence electrons. The lowest BCUT2D eigenvalue weighted by atomic mass is 10.00. The molecule has 1 amide bonds. The zero-order valence-corrected chi connectivity index (χ0v) is 15.6. The molecule has 0 unspecified atom stereocenters. The largest absolute Gasteiger partial charge is 0.435 e. The average Bonchev–Trinajstić information content (AvgIpc) is 3.16. The van der Waals surface area contributed by atoms with Gasteiger partial charge in [-0.05, 0) is 41.8 Å². The van der Waals surface area contributed by atoms with Gasteiger partial charge in [0.15, 0.2) is 5.13 Å². The molecule has 0 spiro atoms. The minimum absolute atomic E-state index is 0.0842. The molecule has 2 heterocycles. The Morgan fingerprint density at radius 2 is 1.89 bits per heavy atom. The number of nitrogens with zero attached hydrogens (tertiary/aromatic N) is 2. The minimum atomic E-state index is -2.85. The van der Waals surface area contributed by atoms with Gasteiger partial charge in [0, 0.05) is 24.2 Å². The summed E-state index contributed by atoms with van der Waals surface area (Å²) in [7, 11) is 0. The molecular formula is C20H17F2N3O2S. The molecule has 0 radical (unpaired) electrons. The Hall–Kier alpha value is -3.00. The molecule has 0 aliphatic carbocycles. The topological polar surface area (TPSA) is 54.5 Å². The second-order valence-corrected chi connectivity index (χ2v) is 7.17. The van der Waals surface area contributed by atoms with Crippen LogP contribution in [0.25, 0.3) is 0 Å². The molecule has 3 aromatic rings. The predicted molar refractivity (Wildman–Crippen MR) is 103 cm³/mol. The van der Waals surface area contributed by atoms with Crippen molar-refractivity contribution >= 4 is 28.1 Å². The Labute approximate surface area is 164 Å². The SMILES string of the molecule is O=C(c1csc(Nc2ccc(OC(F)F)cc2)n1)N1CCc2ccccc2C1. The number of benzene rings is 2. The fourth-order valence-electron chi connectivity index (χ4n) is 3.10. The number of fused-ring (bicyclic) bond motifs is 1. The van der Waals surface area contributed by atoms with E-state index in [2.05, 4.69) is 21.1 Å². The van der Waals surface area contributed by atoms with Gasteiger partial charge in [-0.25, -0.2) is 4.98 Å². The molecule has 1 N–H and O–H groups in total. The zero-order chi connectivity index (χ0) is 19.5. The molecule has 4 rings (SSSR count). The predicted octanol–water partition coefficient (Wildman–Crippen LogP) is 4.69. The van der Waals surface area contributed by atoms with Crippen molar-refractivity contribution in [1.29, 1.82) is 0 Å². The van der Waals surface area contributed by atoms with Crippen LogP contribution in [0, 0.1) is 0 Å². The zero-order valence-electron chi connectivity index (χ0n) is 14.8. The minimum Gasteiger partial charge on any atom is -0.435 e. The first kappa shape index (κ1) is 18.4. The number of carbonyl (C=O) groups excluding carboxylic acids is 1. The lowest BCUT2D eigenvalue weighted by Crippen LogP contribution is -2.36. The highest BCUT2D eigenvalue weighted by Crippen LogP contribution is 2.25. The molecule has 1 aliphatic rings. The molecule has 2 aromatic carbocycles. The second-order valence-electron chi connectivity index (χ2n) is 6.31. The maximum Gasteiger partial charge on any atom is 0.387 e. The smallest absolute Gasteiger partial charge is 0.387 e. The van der Waals surface area contributed by atoms with Crippen LogP contribution in [-0.4, -0.2) is 28.9 Å². The number of anilines is 2. The first-order valence-corrected chi connectivity index (χ1v) is 9.60. The fourth-order valence-corrected chi connectivity index (χ4v) is 3.81. The number of rotatable bonds is 5. The molecule has 1 aliphatic heterocycles. The molecule has 0 atom stereocenters. The van der Waals surface area contributed by atoms with E-state index in [1.54, 1.807) is 22.4 Å². The van der Waals surface area contributed by atoms with E-state index in [1.165, 1.54) is 34.6 Å². The summed E-state index contributed by atoms with van der Waals surface area (Å²) in [5.74, 6) is -0.0135. The molecule has 0 fully saturated rings. The fraction of sp³-hybridized carbons (Fsp3) is 0.200. The summed E-state index contributed by atoms with van der Waals surface area (Å²) >= 11 is 1.32. The Bertz CT molecular complexity index is 976. The van der Waals surface area contributed by atoms with Gasteiger partial charge in [0.25, 0.3) is 5.91 Å². The Kier molecular flexibility index (Phi) is 5.21. The summed E-state index contributed by atoms with van der Waals surface area (Å²) in [6.45, 7) is -1.60. The van der Waals surface area contributed by atoms with E-state index in [4.69, 9.17) is 0 Å². The number of carbonyl (C=O) groups is 1. The summed E-state index contributed by atoms with van der Waals surface area (Å²) < 4.78 is 28.7. The van der Waals surface area contributed by atoms with Crippen LogP contribution >= 0.6 is 11.3 Å². The van der Waals surface area contributed by atoms with E-state index in [9.17, 15) is 13.6 Å². The second kappa shape index (κ2) is 7.93. The van der Waals surface area contributed by atoms with E-state index in [-0.39, 0.29) is 11.7 Å². The van der Waals surface area contributed by atoms with Crippen molar-refractivity contribution in [3.63, 3.8) is 0 Å². The van der Waals surface area contributed by atoms with Gasteiger partial charge >= 0.3 is 6.61 Å². The van der Waals surface area contributed by atoms with E-state index < -0.39 is 6.61 Å². The Morgan fingerprint density at radius 1 is 1.14 bits per heavy atom. The van der Waals surface area contributed by atoms with Crippen molar-refractivity contribution in [2.45, 2.75) is 19.6 Å². The van der Waals surface area contributed by atoms with Crippen molar-refractivity contribution in [3.05, 3.63) is 70.7 Å². The summed E-state index contributed by atoms with van der Waals surface area (Å²) in [6.07, 6.45) is 0.837. The van der Waals surface area contributed by atoms with Gasteiger partial charge in [-0.2, -0.15) is 8.78 Å². The van der Waals surface area contributed by atoms with Gasteiger partial charge in [0.2, 0.25) is 0 Å². The monoisotopic (exact) mass is 401 g/mol. The number of alkyl halides is 2. The van der Waals surface area contributed by atoms with Gasteiger partial charge in [0.05, 0.1) is 0 Å². The van der Waals surface area contributed by atoms with Crippen LogP contribution in [-0.2, 0) is 13.0 Å². The van der Waals surface area contributed by atoms with Gasteiger partial charge in [-0.15, -0.1) is 11.3 Å². The van der Waals surface area contributed by atoms with Gasteiger partial charge < -0.3 is 15.0 Å². The number of hydrogen-bond acceptors (Lipinski definition) is 5. The van der Waals surface area contributed by atoms with Crippen molar-refractivity contribution < 1.29 is 18.3 Å².